The van der Waals surface area contributed by atoms with Gasteiger partial charge in [0.15, 0.2) is 5.54 Å². The van der Waals surface area contributed by atoms with E-state index in [9.17, 15) is 14.4 Å². The number of nitrogens with one attached hydrogen (secondary N) is 2. The highest BCUT2D eigenvalue weighted by molar-refractivity contribution is 6.11. The molecule has 5 rings (SSSR count). The maximum Gasteiger partial charge on any atom is 0.328 e. The molecule has 7 heteroatoms. The summed E-state index contributed by atoms with van der Waals surface area (Å²) in [6, 6.07) is 15.9. The molecule has 1 fully saturated rings. The molecule has 1 saturated heterocycles. The minimum absolute atomic E-state index is 0.238. The number of fused-ring (bicyclic) bond motifs is 5. The van der Waals surface area contributed by atoms with Crippen LogP contribution in [0.1, 0.15) is 43.6 Å². The standard InChI is InChI=1S/C25H26N4O3/c1-15(17-9-5-4-6-10-17)26-22(30)16(2)29-23(31)25(3)21-19(13-14-28(25)24(29)32)18-11-7-8-12-20(18)27-21/h4-12,15-16,27H,13-14H2,1-3H3,(H,26,30)/t15?,16-,25-/m0/s1. The number of hydrogen-bond acceptors (Lipinski definition) is 3. The predicted octanol–water partition coefficient (Wildman–Crippen LogP) is 3.47. The zero-order valence-corrected chi connectivity index (χ0v) is 18.4. The van der Waals surface area contributed by atoms with Gasteiger partial charge in [-0.1, -0.05) is 48.5 Å². The molecule has 4 amide bonds. The SMILES string of the molecule is CC(NC(=O)[C@H](C)N1C(=O)N2CCc3c([nH]c4ccccc34)[C@@]2(C)C1=O)c1ccccc1. The molecule has 32 heavy (non-hydrogen) atoms. The number of amides is 4. The van der Waals surface area contributed by atoms with Crippen molar-refractivity contribution in [2.75, 3.05) is 6.54 Å². The molecule has 1 unspecified atom stereocenters. The molecule has 2 aliphatic heterocycles. The molecule has 164 valence electrons. The van der Waals surface area contributed by atoms with Crippen LogP contribution in [-0.4, -0.2) is 45.2 Å². The second kappa shape index (κ2) is 7.22. The van der Waals surface area contributed by atoms with E-state index in [1.54, 1.807) is 18.7 Å². The molecule has 0 bridgehead atoms. The van der Waals surface area contributed by atoms with Crippen molar-refractivity contribution in [3.05, 3.63) is 71.4 Å². The molecular formula is C25H26N4O3. The van der Waals surface area contributed by atoms with Crippen LogP contribution in [0.15, 0.2) is 54.6 Å². The fraction of sp³-hybridized carbons (Fsp3) is 0.320. The van der Waals surface area contributed by atoms with E-state index < -0.39 is 17.6 Å². The van der Waals surface area contributed by atoms with E-state index in [2.05, 4.69) is 10.3 Å². The number of urea groups is 1. The zero-order chi connectivity index (χ0) is 22.6. The number of aromatic nitrogens is 1. The van der Waals surface area contributed by atoms with Gasteiger partial charge >= 0.3 is 6.03 Å². The maximum absolute atomic E-state index is 13.7. The van der Waals surface area contributed by atoms with Crippen molar-refractivity contribution in [3.63, 3.8) is 0 Å². The third-order valence-electron chi connectivity index (χ3n) is 6.92. The molecule has 3 atom stereocenters. The van der Waals surface area contributed by atoms with Crippen LogP contribution in [-0.2, 0) is 21.5 Å². The Balaban J connectivity index is 1.45. The highest BCUT2D eigenvalue weighted by Crippen LogP contribution is 2.44. The van der Waals surface area contributed by atoms with Crippen LogP contribution in [0.3, 0.4) is 0 Å². The molecule has 2 aliphatic rings. The Kier molecular flexibility index (Phi) is 4.58. The van der Waals surface area contributed by atoms with E-state index in [0.29, 0.717) is 13.0 Å². The molecule has 7 nitrogen and oxygen atoms in total. The highest BCUT2D eigenvalue weighted by atomic mass is 16.2. The van der Waals surface area contributed by atoms with Gasteiger partial charge in [0.25, 0.3) is 5.91 Å². The van der Waals surface area contributed by atoms with Gasteiger partial charge in [-0.05, 0) is 44.4 Å². The number of rotatable bonds is 4. The number of para-hydroxylation sites is 1. The second-order valence-electron chi connectivity index (χ2n) is 8.77. The lowest BCUT2D eigenvalue weighted by molar-refractivity contribution is -0.139. The van der Waals surface area contributed by atoms with Crippen LogP contribution in [0.4, 0.5) is 4.79 Å². The normalized spacial score (nSPS) is 22.0. The first-order chi connectivity index (χ1) is 15.3. The van der Waals surface area contributed by atoms with Crippen molar-refractivity contribution in [1.29, 1.82) is 0 Å². The Hall–Kier alpha value is -3.61. The molecule has 0 saturated carbocycles. The molecule has 0 radical (unpaired) electrons. The molecular weight excluding hydrogens is 404 g/mol. The summed E-state index contributed by atoms with van der Waals surface area (Å²) in [4.78, 5) is 46.1. The van der Waals surface area contributed by atoms with Gasteiger partial charge in [-0.2, -0.15) is 0 Å². The summed E-state index contributed by atoms with van der Waals surface area (Å²) in [5, 5.41) is 4.01. The summed E-state index contributed by atoms with van der Waals surface area (Å²) < 4.78 is 0. The van der Waals surface area contributed by atoms with E-state index in [0.717, 1.165) is 32.6 Å². The Bertz CT molecular complexity index is 1230. The minimum Gasteiger partial charge on any atom is -0.356 e. The van der Waals surface area contributed by atoms with Gasteiger partial charge in [-0.25, -0.2) is 9.69 Å². The molecule has 3 aromatic rings. The maximum atomic E-state index is 13.7. The number of carbonyl (C=O) groups is 3. The van der Waals surface area contributed by atoms with Gasteiger partial charge in [0, 0.05) is 17.4 Å². The van der Waals surface area contributed by atoms with Crippen molar-refractivity contribution >= 4 is 28.7 Å². The monoisotopic (exact) mass is 430 g/mol. The summed E-state index contributed by atoms with van der Waals surface area (Å²) in [6.07, 6.45) is 0.660. The summed E-state index contributed by atoms with van der Waals surface area (Å²) in [7, 11) is 0. The highest BCUT2D eigenvalue weighted by Gasteiger charge is 2.60. The Morgan fingerprint density at radius 1 is 1.06 bits per heavy atom. The quantitative estimate of drug-likeness (QED) is 0.622. The molecule has 0 spiro atoms. The molecule has 2 N–H and O–H groups in total. The van der Waals surface area contributed by atoms with E-state index in [4.69, 9.17) is 0 Å². The van der Waals surface area contributed by atoms with Gasteiger partial charge in [-0.3, -0.25) is 9.59 Å². The number of imide groups is 1. The van der Waals surface area contributed by atoms with Gasteiger partial charge in [0.05, 0.1) is 11.7 Å². The van der Waals surface area contributed by atoms with Gasteiger partial charge in [0.1, 0.15) is 6.04 Å². The predicted molar refractivity (Wildman–Crippen MR) is 121 cm³/mol. The Morgan fingerprint density at radius 3 is 2.50 bits per heavy atom. The topological polar surface area (TPSA) is 85.5 Å². The number of hydrogen-bond donors (Lipinski definition) is 2. The lowest BCUT2D eigenvalue weighted by Crippen LogP contribution is -2.50. The third-order valence-corrected chi connectivity index (χ3v) is 6.92. The van der Waals surface area contributed by atoms with Gasteiger partial charge < -0.3 is 15.2 Å². The van der Waals surface area contributed by atoms with E-state index in [-0.39, 0.29) is 17.9 Å². The van der Waals surface area contributed by atoms with Crippen LogP contribution in [0.25, 0.3) is 10.9 Å². The summed E-state index contributed by atoms with van der Waals surface area (Å²) in [6.45, 7) is 5.70. The van der Waals surface area contributed by atoms with Crippen molar-refractivity contribution in [1.82, 2.24) is 20.1 Å². The first-order valence-corrected chi connectivity index (χ1v) is 10.9. The number of H-pyrrole nitrogens is 1. The third kappa shape index (κ3) is 2.77. The van der Waals surface area contributed by atoms with Crippen LogP contribution in [0, 0.1) is 0 Å². The van der Waals surface area contributed by atoms with E-state index in [1.165, 1.54) is 0 Å². The van der Waals surface area contributed by atoms with Crippen LogP contribution < -0.4 is 5.32 Å². The van der Waals surface area contributed by atoms with E-state index >= 15 is 0 Å². The Labute approximate surface area is 186 Å². The smallest absolute Gasteiger partial charge is 0.328 e. The van der Waals surface area contributed by atoms with Crippen molar-refractivity contribution in [2.45, 2.75) is 44.8 Å². The van der Waals surface area contributed by atoms with Crippen molar-refractivity contribution in [2.24, 2.45) is 0 Å². The lowest BCUT2D eigenvalue weighted by Gasteiger charge is -2.36. The van der Waals surface area contributed by atoms with Gasteiger partial charge in [-0.15, -0.1) is 0 Å². The van der Waals surface area contributed by atoms with Crippen molar-refractivity contribution in [3.8, 4) is 0 Å². The van der Waals surface area contributed by atoms with Crippen LogP contribution in [0.5, 0.6) is 0 Å². The first-order valence-electron chi connectivity index (χ1n) is 10.9. The number of aromatic amines is 1. The number of carbonyl (C=O) groups excluding carboxylic acids is 3. The fourth-order valence-corrected chi connectivity index (χ4v) is 5.04. The largest absolute Gasteiger partial charge is 0.356 e. The van der Waals surface area contributed by atoms with Crippen molar-refractivity contribution < 1.29 is 14.4 Å². The first kappa shape index (κ1) is 20.3. The molecule has 1 aromatic heterocycles. The zero-order valence-electron chi connectivity index (χ0n) is 18.4. The molecule has 2 aromatic carbocycles. The number of nitrogens with zero attached hydrogens (tertiary/aromatic N) is 2. The number of benzene rings is 2. The fourth-order valence-electron chi connectivity index (χ4n) is 5.04. The summed E-state index contributed by atoms with van der Waals surface area (Å²) >= 11 is 0. The molecule has 3 heterocycles. The summed E-state index contributed by atoms with van der Waals surface area (Å²) in [5.74, 6) is -0.728. The summed E-state index contributed by atoms with van der Waals surface area (Å²) in [5.41, 5.74) is 2.57. The average molecular weight is 431 g/mol. The molecule has 0 aliphatic carbocycles. The minimum atomic E-state index is -1.15. The second-order valence-corrected chi connectivity index (χ2v) is 8.77. The van der Waals surface area contributed by atoms with E-state index in [1.807, 2.05) is 61.5 Å². The Morgan fingerprint density at radius 2 is 1.75 bits per heavy atom. The average Bonchev–Trinajstić information content (AvgIpc) is 3.28. The van der Waals surface area contributed by atoms with Crippen LogP contribution >= 0.6 is 0 Å². The lowest BCUT2D eigenvalue weighted by atomic mass is 9.87. The van der Waals surface area contributed by atoms with Crippen LogP contribution in [0.2, 0.25) is 0 Å². The van der Waals surface area contributed by atoms with Gasteiger partial charge in [0.2, 0.25) is 5.91 Å².